The number of carboxylic acids is 1. The Labute approximate surface area is 240 Å². The highest BCUT2D eigenvalue weighted by molar-refractivity contribution is 5.93. The molecule has 4 fully saturated rings. The maximum atomic E-state index is 14.2. The molecule has 8 heteroatoms. The smallest absolute Gasteiger partial charge is 0.408 e. The average molecular weight is 558 g/mol. The van der Waals surface area contributed by atoms with E-state index in [0.29, 0.717) is 18.3 Å². The first-order chi connectivity index (χ1) is 19.8. The van der Waals surface area contributed by atoms with E-state index in [0.717, 1.165) is 59.5 Å². The monoisotopic (exact) mass is 557 g/mol. The van der Waals surface area contributed by atoms with Crippen LogP contribution < -0.4 is 5.32 Å². The first-order valence-corrected chi connectivity index (χ1v) is 14.9. The second-order valence-corrected chi connectivity index (χ2v) is 12.7. The van der Waals surface area contributed by atoms with Crippen LogP contribution >= 0.6 is 0 Å². The van der Waals surface area contributed by atoms with Crippen molar-refractivity contribution in [3.8, 4) is 0 Å². The number of carbonyl (C=O) groups excluding carboxylic acids is 2. The van der Waals surface area contributed by atoms with Gasteiger partial charge in [-0.25, -0.2) is 4.79 Å². The van der Waals surface area contributed by atoms with Crippen LogP contribution in [0.1, 0.15) is 50.2 Å². The Morgan fingerprint density at radius 3 is 2.32 bits per heavy atom. The number of carbonyl (C=O) groups is 3. The molecule has 2 aromatic carbocycles. The number of benzene rings is 2. The minimum Gasteiger partial charge on any atom is -0.480 e. The summed E-state index contributed by atoms with van der Waals surface area (Å²) in [5.41, 5.74) is 1.38. The highest BCUT2D eigenvalue weighted by atomic mass is 16.6. The number of aliphatic carboxylic acids is 1. The largest absolute Gasteiger partial charge is 0.480 e. The number of rotatable bonds is 10. The molecule has 4 bridgehead atoms. The number of amides is 2. The van der Waals surface area contributed by atoms with Crippen molar-refractivity contribution in [2.24, 2.45) is 23.7 Å². The third kappa shape index (κ3) is 5.83. The summed E-state index contributed by atoms with van der Waals surface area (Å²) >= 11 is 0. The summed E-state index contributed by atoms with van der Waals surface area (Å²) in [5.74, 6) is 0.746. The lowest BCUT2D eigenvalue weighted by Gasteiger charge is -2.53. The molecular formula is C33H39N3O5. The highest BCUT2D eigenvalue weighted by Gasteiger charge is 2.50. The zero-order chi connectivity index (χ0) is 28.6. The van der Waals surface area contributed by atoms with E-state index >= 15 is 0 Å². The average Bonchev–Trinajstić information content (AvgIpc) is 3.35. The van der Waals surface area contributed by atoms with Gasteiger partial charge in [-0.3, -0.25) is 9.59 Å². The Morgan fingerprint density at radius 1 is 0.976 bits per heavy atom. The molecule has 4 saturated carbocycles. The Kier molecular flexibility index (Phi) is 7.49. The van der Waals surface area contributed by atoms with Crippen molar-refractivity contribution in [3.63, 3.8) is 0 Å². The number of hydrogen-bond acceptors (Lipinski definition) is 4. The summed E-state index contributed by atoms with van der Waals surface area (Å²) in [6, 6.07) is 17.5. The number of aromatic nitrogens is 1. The van der Waals surface area contributed by atoms with E-state index < -0.39 is 30.1 Å². The van der Waals surface area contributed by atoms with Gasteiger partial charge in [-0.1, -0.05) is 48.5 Å². The Balaban J connectivity index is 1.25. The lowest BCUT2D eigenvalue weighted by atomic mass is 9.55. The van der Waals surface area contributed by atoms with Crippen molar-refractivity contribution in [1.29, 1.82) is 0 Å². The SMILES string of the molecule is C[C@](Cc1c[nH]c2ccccc12)(NC(=O)OC1C2CC3CC(C2)CC1C3)C(=O)N(CCc1ccccc1)CC(=O)O. The molecule has 216 valence electrons. The summed E-state index contributed by atoms with van der Waals surface area (Å²) in [4.78, 5) is 44.2. The van der Waals surface area contributed by atoms with E-state index in [1.54, 1.807) is 6.92 Å². The van der Waals surface area contributed by atoms with Crippen molar-refractivity contribution in [3.05, 3.63) is 71.9 Å². The minimum absolute atomic E-state index is 0.122. The van der Waals surface area contributed by atoms with Gasteiger partial charge < -0.3 is 25.0 Å². The van der Waals surface area contributed by atoms with Crippen LogP contribution in [-0.4, -0.2) is 57.7 Å². The third-order valence-corrected chi connectivity index (χ3v) is 9.58. The first-order valence-electron chi connectivity index (χ1n) is 14.9. The normalized spacial score (nSPS) is 25.9. The standard InChI is InChI=1S/C33H39N3O5/c1-33(18-26-19-34-28-10-6-5-9-27(26)28,31(39)36(20-29(37)38)12-11-21-7-3-2-4-8-21)35-32(40)41-30-24-14-22-13-23(16-24)17-25(30)15-22/h2-10,19,22-25,30,34H,11-18,20H2,1H3,(H,35,40)(H,37,38)/t22?,23?,24?,25?,30?,33-/m1/s1. The number of alkyl carbamates (subject to hydrolysis) is 1. The van der Waals surface area contributed by atoms with Crippen molar-refractivity contribution < 1.29 is 24.2 Å². The van der Waals surface area contributed by atoms with E-state index in [1.807, 2.05) is 60.8 Å². The van der Waals surface area contributed by atoms with Gasteiger partial charge in [0.15, 0.2) is 0 Å². The van der Waals surface area contributed by atoms with Crippen LogP contribution in [0, 0.1) is 23.7 Å². The highest BCUT2D eigenvalue weighted by Crippen LogP contribution is 2.54. The molecule has 1 aromatic heterocycles. The predicted octanol–water partition coefficient (Wildman–Crippen LogP) is 5.18. The number of fused-ring (bicyclic) bond motifs is 1. The third-order valence-electron chi connectivity index (χ3n) is 9.58. The molecule has 4 aliphatic carbocycles. The lowest BCUT2D eigenvalue weighted by Crippen LogP contribution is -2.61. The predicted molar refractivity (Wildman–Crippen MR) is 155 cm³/mol. The molecule has 3 N–H and O–H groups in total. The van der Waals surface area contributed by atoms with E-state index in [1.165, 1.54) is 11.3 Å². The zero-order valence-electron chi connectivity index (χ0n) is 23.6. The number of hydrogen-bond donors (Lipinski definition) is 3. The van der Waals surface area contributed by atoms with Crippen molar-refractivity contribution in [2.45, 2.75) is 63.5 Å². The van der Waals surface area contributed by atoms with Gasteiger partial charge in [-0.05, 0) is 86.3 Å². The molecule has 1 atom stereocenters. The topological polar surface area (TPSA) is 112 Å². The molecule has 0 radical (unpaired) electrons. The fourth-order valence-electron chi connectivity index (χ4n) is 7.95. The number of H-pyrrole nitrogens is 1. The molecule has 2 amide bonds. The molecule has 0 saturated heterocycles. The fourth-order valence-corrected chi connectivity index (χ4v) is 7.95. The number of ether oxygens (including phenoxy) is 1. The van der Waals surface area contributed by atoms with E-state index in [-0.39, 0.29) is 19.1 Å². The molecule has 8 nitrogen and oxygen atoms in total. The maximum Gasteiger partial charge on any atom is 0.408 e. The van der Waals surface area contributed by atoms with Gasteiger partial charge >= 0.3 is 12.1 Å². The molecule has 0 spiro atoms. The molecule has 4 aliphatic rings. The zero-order valence-corrected chi connectivity index (χ0v) is 23.6. The van der Waals surface area contributed by atoms with Crippen LogP contribution in [0.15, 0.2) is 60.8 Å². The molecule has 3 aromatic rings. The summed E-state index contributed by atoms with van der Waals surface area (Å²) in [6.45, 7) is 1.44. The van der Waals surface area contributed by atoms with Gasteiger partial charge in [0.25, 0.3) is 0 Å². The van der Waals surface area contributed by atoms with Crippen molar-refractivity contribution in [1.82, 2.24) is 15.2 Å². The second-order valence-electron chi connectivity index (χ2n) is 12.7. The molecule has 41 heavy (non-hydrogen) atoms. The van der Waals surface area contributed by atoms with Gasteiger partial charge in [0.05, 0.1) is 0 Å². The maximum absolute atomic E-state index is 14.2. The summed E-state index contributed by atoms with van der Waals surface area (Å²) < 4.78 is 6.12. The number of nitrogens with zero attached hydrogens (tertiary/aromatic N) is 1. The molecule has 0 aliphatic heterocycles. The molecule has 0 unspecified atom stereocenters. The molecule has 1 heterocycles. The Bertz CT molecular complexity index is 1390. The number of para-hydroxylation sites is 1. The van der Waals surface area contributed by atoms with Crippen LogP contribution in [0.2, 0.25) is 0 Å². The number of carboxylic acid groups (broad SMARTS) is 1. The van der Waals surface area contributed by atoms with Crippen LogP contribution in [0.3, 0.4) is 0 Å². The Hall–Kier alpha value is -3.81. The quantitative estimate of drug-likeness (QED) is 0.318. The van der Waals surface area contributed by atoms with Crippen LogP contribution in [0.4, 0.5) is 4.79 Å². The van der Waals surface area contributed by atoms with Gasteiger partial charge in [0, 0.05) is 30.1 Å². The number of nitrogens with one attached hydrogen (secondary N) is 2. The van der Waals surface area contributed by atoms with Crippen LogP contribution in [0.5, 0.6) is 0 Å². The van der Waals surface area contributed by atoms with Gasteiger partial charge in [0.1, 0.15) is 18.2 Å². The van der Waals surface area contributed by atoms with Crippen LogP contribution in [0.25, 0.3) is 10.9 Å². The summed E-state index contributed by atoms with van der Waals surface area (Å²) in [6.07, 6.45) is 7.59. The van der Waals surface area contributed by atoms with E-state index in [4.69, 9.17) is 4.74 Å². The first kappa shape index (κ1) is 27.4. The number of aromatic amines is 1. The second kappa shape index (κ2) is 11.2. The van der Waals surface area contributed by atoms with E-state index in [9.17, 15) is 19.5 Å². The van der Waals surface area contributed by atoms with Crippen molar-refractivity contribution >= 4 is 28.9 Å². The lowest BCUT2D eigenvalue weighted by molar-refractivity contribution is -0.147. The van der Waals surface area contributed by atoms with E-state index in [2.05, 4.69) is 10.3 Å². The van der Waals surface area contributed by atoms with Gasteiger partial charge in [0.2, 0.25) is 5.91 Å². The van der Waals surface area contributed by atoms with Gasteiger partial charge in [-0.15, -0.1) is 0 Å². The molecule has 7 rings (SSSR count). The summed E-state index contributed by atoms with van der Waals surface area (Å²) in [7, 11) is 0. The van der Waals surface area contributed by atoms with Crippen LogP contribution in [-0.2, 0) is 27.2 Å². The Morgan fingerprint density at radius 2 is 1.63 bits per heavy atom. The minimum atomic E-state index is -1.42. The van der Waals surface area contributed by atoms with Gasteiger partial charge in [-0.2, -0.15) is 0 Å². The fraction of sp³-hybridized carbons (Fsp3) is 0.485. The molecular weight excluding hydrogens is 518 g/mol. The summed E-state index contributed by atoms with van der Waals surface area (Å²) in [5, 5.41) is 13.6. The van der Waals surface area contributed by atoms with Crippen molar-refractivity contribution in [2.75, 3.05) is 13.1 Å².